The lowest BCUT2D eigenvalue weighted by atomic mass is 9.88. The minimum atomic E-state index is -8.75. The summed E-state index contributed by atoms with van der Waals surface area (Å²) in [6.07, 6.45) is -10.9. The van der Waals surface area contributed by atoms with E-state index in [1.807, 2.05) is 0 Å². The molecule has 1 atom stereocenters. The normalized spacial score (nSPS) is 17.2. The molecule has 1 nitrogen and oxygen atoms in total. The highest BCUT2D eigenvalue weighted by atomic mass is 35.5. The average molecular weight is 597 g/mol. The standard InChI is InChI=1S/C12H5Cl2F19O/c13-3(5(14,17)18)34-2-1-4(15,16)6(19,20)7(21,22)8(23,24)9(25,26)10(27,28)11(29,30)12(31,32)33/h3H,1-2H2. The fraction of sp³-hybridized carbons (Fsp3) is 1.00. The van der Waals surface area contributed by atoms with Crippen molar-refractivity contribution >= 4 is 23.2 Å². The Hall–Kier alpha value is -0.790. The van der Waals surface area contributed by atoms with Crippen molar-refractivity contribution < 1.29 is 88.2 Å². The third-order valence-electron chi connectivity index (χ3n) is 3.72. The summed E-state index contributed by atoms with van der Waals surface area (Å²) in [4.78, 5) is 0. The Morgan fingerprint density at radius 1 is 0.500 bits per heavy atom. The molecule has 22 heteroatoms. The van der Waals surface area contributed by atoms with E-state index in [0.717, 1.165) is 0 Å². The van der Waals surface area contributed by atoms with Gasteiger partial charge >= 0.3 is 53.0 Å². The van der Waals surface area contributed by atoms with Gasteiger partial charge in [-0.05, 0) is 11.6 Å². The maximum absolute atomic E-state index is 13.5. The summed E-state index contributed by atoms with van der Waals surface area (Å²) in [6.45, 7) is -2.29. The molecule has 0 fully saturated rings. The number of ether oxygens (including phenoxy) is 1. The van der Waals surface area contributed by atoms with Gasteiger partial charge in [-0.2, -0.15) is 83.4 Å². The van der Waals surface area contributed by atoms with Crippen LogP contribution in [-0.2, 0) is 4.74 Å². The van der Waals surface area contributed by atoms with Gasteiger partial charge in [0.2, 0.25) is 5.56 Å². The molecule has 0 rings (SSSR count). The van der Waals surface area contributed by atoms with Crippen LogP contribution in [0.15, 0.2) is 0 Å². The predicted molar refractivity (Wildman–Crippen MR) is 71.7 cm³/mol. The van der Waals surface area contributed by atoms with Crippen LogP contribution in [0.5, 0.6) is 0 Å². The van der Waals surface area contributed by atoms with E-state index >= 15 is 0 Å². The van der Waals surface area contributed by atoms with Crippen molar-refractivity contribution in [2.75, 3.05) is 6.61 Å². The SMILES string of the molecule is FC(F)(Cl)C(Cl)OCCC(F)(F)C(F)(F)C(F)(F)C(F)(F)C(F)(F)C(F)(F)C(F)(F)C(F)(F)F. The maximum atomic E-state index is 13.5. The summed E-state index contributed by atoms with van der Waals surface area (Å²) in [6, 6.07) is 0. The van der Waals surface area contributed by atoms with Crippen LogP contribution in [0, 0.1) is 0 Å². The zero-order valence-electron chi connectivity index (χ0n) is 14.8. The molecule has 0 aliphatic rings. The Labute approximate surface area is 184 Å². The van der Waals surface area contributed by atoms with Crippen molar-refractivity contribution in [3.8, 4) is 0 Å². The second kappa shape index (κ2) is 8.95. The molecule has 0 radical (unpaired) electrons. The van der Waals surface area contributed by atoms with Crippen LogP contribution < -0.4 is 0 Å². The lowest BCUT2D eigenvalue weighted by Crippen LogP contribution is -2.74. The molecule has 0 saturated carbocycles. The molecule has 34 heavy (non-hydrogen) atoms. The van der Waals surface area contributed by atoms with Crippen molar-refractivity contribution in [3.63, 3.8) is 0 Å². The van der Waals surface area contributed by atoms with Gasteiger partial charge in [0, 0.05) is 6.42 Å². The number of halogens is 21. The molecule has 1 unspecified atom stereocenters. The van der Waals surface area contributed by atoms with Gasteiger partial charge < -0.3 is 4.74 Å². The predicted octanol–water partition coefficient (Wildman–Crippen LogP) is 7.80. The maximum Gasteiger partial charge on any atom is 0.460 e. The Kier molecular flexibility index (Phi) is 8.74. The Morgan fingerprint density at radius 2 is 0.794 bits per heavy atom. The molecule has 0 aliphatic heterocycles. The van der Waals surface area contributed by atoms with E-state index in [2.05, 4.69) is 27.9 Å². The molecule has 0 N–H and O–H groups in total. The van der Waals surface area contributed by atoms with Crippen LogP contribution in [-0.4, -0.2) is 65.2 Å². The Bertz CT molecular complexity index is 709. The van der Waals surface area contributed by atoms with Crippen molar-refractivity contribution in [1.82, 2.24) is 0 Å². The van der Waals surface area contributed by atoms with Crippen molar-refractivity contribution in [2.24, 2.45) is 0 Å². The van der Waals surface area contributed by atoms with Gasteiger partial charge in [0.05, 0.1) is 6.61 Å². The van der Waals surface area contributed by atoms with Crippen LogP contribution in [0.3, 0.4) is 0 Å². The molecule has 0 aromatic rings. The lowest BCUT2D eigenvalue weighted by molar-refractivity contribution is -0.462. The minimum Gasteiger partial charge on any atom is -0.355 e. The molecule has 0 amide bonds. The van der Waals surface area contributed by atoms with Gasteiger partial charge in [0.15, 0.2) is 0 Å². The van der Waals surface area contributed by atoms with E-state index in [1.165, 1.54) is 0 Å². The first-order valence-electron chi connectivity index (χ1n) is 7.41. The Morgan fingerprint density at radius 3 is 1.09 bits per heavy atom. The highest BCUT2D eigenvalue weighted by Gasteiger charge is 2.95. The number of hydrogen-bond acceptors (Lipinski definition) is 1. The van der Waals surface area contributed by atoms with Gasteiger partial charge in [0.25, 0.3) is 0 Å². The van der Waals surface area contributed by atoms with Gasteiger partial charge in [-0.15, -0.1) is 0 Å². The summed E-state index contributed by atoms with van der Waals surface area (Å²) >= 11 is 8.78. The summed E-state index contributed by atoms with van der Waals surface area (Å²) in [5.41, 5.74) is -3.16. The van der Waals surface area contributed by atoms with Crippen LogP contribution in [0.4, 0.5) is 83.4 Å². The van der Waals surface area contributed by atoms with Crippen LogP contribution in [0.1, 0.15) is 6.42 Å². The second-order valence-corrected chi connectivity index (χ2v) is 7.03. The fourth-order valence-electron chi connectivity index (χ4n) is 1.74. The summed E-state index contributed by atoms with van der Waals surface area (Å²) in [5.74, 6) is -57.5. The zero-order valence-corrected chi connectivity index (χ0v) is 16.3. The minimum absolute atomic E-state index is 2.29. The first-order chi connectivity index (χ1) is 14.4. The summed E-state index contributed by atoms with van der Waals surface area (Å²) in [7, 11) is 0. The monoisotopic (exact) mass is 596 g/mol. The summed E-state index contributed by atoms with van der Waals surface area (Å²) < 4.78 is 249. The van der Waals surface area contributed by atoms with Crippen LogP contribution >= 0.6 is 23.2 Å². The molecule has 0 aromatic heterocycles. The molecular weight excluding hydrogens is 592 g/mol. The second-order valence-electron chi connectivity index (χ2n) is 6.13. The van der Waals surface area contributed by atoms with Crippen molar-refractivity contribution in [3.05, 3.63) is 0 Å². The van der Waals surface area contributed by atoms with Gasteiger partial charge in [-0.25, -0.2) is 0 Å². The van der Waals surface area contributed by atoms with E-state index in [1.54, 1.807) is 0 Å². The number of hydrogen-bond donors (Lipinski definition) is 0. The molecule has 206 valence electrons. The van der Waals surface area contributed by atoms with E-state index in [9.17, 15) is 83.4 Å². The average Bonchev–Trinajstić information content (AvgIpc) is 2.58. The molecule has 0 saturated heterocycles. The first-order valence-corrected chi connectivity index (χ1v) is 8.23. The highest BCUT2D eigenvalue weighted by Crippen LogP contribution is 2.64. The van der Waals surface area contributed by atoms with E-state index in [4.69, 9.17) is 0 Å². The van der Waals surface area contributed by atoms with E-state index in [0.29, 0.717) is 0 Å². The molecule has 0 spiro atoms. The number of alkyl halides is 21. The van der Waals surface area contributed by atoms with Crippen molar-refractivity contribution in [2.45, 2.75) is 65.0 Å². The fourth-order valence-corrected chi connectivity index (χ4v) is 1.89. The zero-order chi connectivity index (χ0) is 28.2. The molecule has 0 aliphatic carbocycles. The molecular formula is C12H5Cl2F19O. The van der Waals surface area contributed by atoms with E-state index < -0.39 is 71.6 Å². The van der Waals surface area contributed by atoms with Gasteiger partial charge in [0.1, 0.15) is 0 Å². The summed E-state index contributed by atoms with van der Waals surface area (Å²) in [5, 5.41) is -4.63. The van der Waals surface area contributed by atoms with Crippen molar-refractivity contribution in [1.29, 1.82) is 0 Å². The first kappa shape index (κ1) is 33.2. The van der Waals surface area contributed by atoms with Gasteiger partial charge in [-0.3, -0.25) is 0 Å². The Balaban J connectivity index is 6.30. The third kappa shape index (κ3) is 5.04. The van der Waals surface area contributed by atoms with Crippen LogP contribution in [0.25, 0.3) is 0 Å². The third-order valence-corrected chi connectivity index (χ3v) is 4.43. The molecule has 0 heterocycles. The highest BCUT2D eigenvalue weighted by molar-refractivity contribution is 6.30. The van der Waals surface area contributed by atoms with E-state index in [-0.39, 0.29) is 0 Å². The smallest absolute Gasteiger partial charge is 0.355 e. The molecule has 0 bridgehead atoms. The lowest BCUT2D eigenvalue weighted by Gasteiger charge is -2.42. The topological polar surface area (TPSA) is 9.23 Å². The number of rotatable bonds is 11. The van der Waals surface area contributed by atoms with Crippen LogP contribution in [0.2, 0.25) is 0 Å². The quantitative estimate of drug-likeness (QED) is 0.175. The largest absolute Gasteiger partial charge is 0.460 e. The molecule has 0 aromatic carbocycles. The van der Waals surface area contributed by atoms with Gasteiger partial charge in [-0.1, -0.05) is 11.6 Å².